The van der Waals surface area contributed by atoms with Gasteiger partial charge >= 0.3 is 0 Å². The molecule has 0 aliphatic carbocycles. The highest BCUT2D eigenvalue weighted by molar-refractivity contribution is 6.06. The number of para-hydroxylation sites is 2. The van der Waals surface area contributed by atoms with Crippen LogP contribution in [-0.4, -0.2) is 36.5 Å². The van der Waals surface area contributed by atoms with Crippen molar-refractivity contribution < 1.29 is 18.7 Å². The lowest BCUT2D eigenvalue weighted by molar-refractivity contribution is -0.127. The van der Waals surface area contributed by atoms with Gasteiger partial charge in [-0.25, -0.2) is 9.37 Å². The lowest BCUT2D eigenvalue weighted by atomic mass is 10.2. The molecule has 1 aromatic carbocycles. The molecule has 24 heavy (non-hydrogen) atoms. The monoisotopic (exact) mass is 329 g/mol. The van der Waals surface area contributed by atoms with Crippen molar-refractivity contribution in [3.8, 4) is 5.75 Å². The summed E-state index contributed by atoms with van der Waals surface area (Å²) < 4.78 is 19.3. The Hall–Kier alpha value is -2.96. The molecule has 1 aromatic heterocycles. The van der Waals surface area contributed by atoms with Crippen molar-refractivity contribution in [2.24, 2.45) is 0 Å². The van der Waals surface area contributed by atoms with E-state index in [-0.39, 0.29) is 18.3 Å². The standard InChI is InChI=1S/C17H16FN3O3/c1-11-17(23)21(13-7-3-4-8-14(13)24-11)10-15(22)20(2)16-12(18)6-5-9-19-16/h3-9,11H,10H2,1-2H3. The number of hydrogen-bond acceptors (Lipinski definition) is 4. The number of halogens is 1. The first-order valence-electron chi connectivity index (χ1n) is 7.43. The van der Waals surface area contributed by atoms with Crippen LogP contribution in [0.4, 0.5) is 15.9 Å². The van der Waals surface area contributed by atoms with Crippen molar-refractivity contribution >= 4 is 23.3 Å². The average molecular weight is 329 g/mol. The fourth-order valence-corrected chi connectivity index (χ4v) is 2.51. The molecule has 1 atom stereocenters. The van der Waals surface area contributed by atoms with Crippen molar-refractivity contribution in [2.45, 2.75) is 13.0 Å². The Kier molecular flexibility index (Phi) is 4.16. The summed E-state index contributed by atoms with van der Waals surface area (Å²) in [6.07, 6.45) is 0.712. The van der Waals surface area contributed by atoms with Gasteiger partial charge in [-0.05, 0) is 31.2 Å². The topological polar surface area (TPSA) is 62.7 Å². The van der Waals surface area contributed by atoms with Crippen LogP contribution in [0.5, 0.6) is 5.75 Å². The zero-order valence-corrected chi connectivity index (χ0v) is 13.3. The van der Waals surface area contributed by atoms with E-state index >= 15 is 0 Å². The Morgan fingerprint density at radius 2 is 2.08 bits per heavy atom. The second-order valence-electron chi connectivity index (χ2n) is 5.41. The van der Waals surface area contributed by atoms with E-state index in [1.165, 1.54) is 30.3 Å². The predicted octanol–water partition coefficient (Wildman–Crippen LogP) is 2.00. The molecule has 2 heterocycles. The van der Waals surface area contributed by atoms with E-state index in [1.807, 2.05) is 0 Å². The summed E-state index contributed by atoms with van der Waals surface area (Å²) >= 11 is 0. The van der Waals surface area contributed by atoms with Gasteiger partial charge in [0.2, 0.25) is 5.91 Å². The summed E-state index contributed by atoms with van der Waals surface area (Å²) in [6.45, 7) is 1.40. The molecule has 0 spiro atoms. The normalized spacial score (nSPS) is 16.4. The highest BCUT2D eigenvalue weighted by atomic mass is 19.1. The molecule has 2 amide bonds. The molecule has 0 saturated heterocycles. The van der Waals surface area contributed by atoms with Gasteiger partial charge in [0.05, 0.1) is 5.69 Å². The Balaban J connectivity index is 1.86. The molecule has 0 bridgehead atoms. The Labute approximate surface area is 138 Å². The van der Waals surface area contributed by atoms with E-state index < -0.39 is 17.8 Å². The third-order valence-electron chi connectivity index (χ3n) is 3.80. The minimum absolute atomic E-state index is 0.0791. The maximum atomic E-state index is 13.8. The number of amides is 2. The highest BCUT2D eigenvalue weighted by Gasteiger charge is 2.33. The van der Waals surface area contributed by atoms with Crippen LogP contribution in [0.3, 0.4) is 0 Å². The zero-order chi connectivity index (χ0) is 17.3. The summed E-state index contributed by atoms with van der Waals surface area (Å²) in [5, 5.41) is 0. The smallest absolute Gasteiger partial charge is 0.268 e. The van der Waals surface area contributed by atoms with E-state index in [4.69, 9.17) is 4.74 Å². The number of hydrogen-bond donors (Lipinski definition) is 0. The number of fused-ring (bicyclic) bond motifs is 1. The molecule has 1 unspecified atom stereocenters. The van der Waals surface area contributed by atoms with Crippen molar-refractivity contribution in [2.75, 3.05) is 23.4 Å². The van der Waals surface area contributed by atoms with Crippen LogP contribution in [-0.2, 0) is 9.59 Å². The number of nitrogens with zero attached hydrogens (tertiary/aromatic N) is 3. The molecular weight excluding hydrogens is 313 g/mol. The molecular formula is C17H16FN3O3. The molecule has 1 aliphatic rings. The van der Waals surface area contributed by atoms with E-state index in [2.05, 4.69) is 4.98 Å². The van der Waals surface area contributed by atoms with Crippen LogP contribution in [0.1, 0.15) is 6.92 Å². The first-order chi connectivity index (χ1) is 11.5. The summed E-state index contributed by atoms with van der Waals surface area (Å²) in [6, 6.07) is 9.65. The van der Waals surface area contributed by atoms with E-state index in [0.29, 0.717) is 11.4 Å². The maximum Gasteiger partial charge on any atom is 0.268 e. The average Bonchev–Trinajstić information content (AvgIpc) is 2.58. The van der Waals surface area contributed by atoms with Crippen molar-refractivity contribution in [1.29, 1.82) is 0 Å². The Bertz CT molecular complexity index is 796. The molecule has 6 nitrogen and oxygen atoms in total. The van der Waals surface area contributed by atoms with E-state index in [1.54, 1.807) is 31.2 Å². The summed E-state index contributed by atoms with van der Waals surface area (Å²) in [7, 11) is 1.42. The number of ether oxygens (including phenoxy) is 1. The number of anilines is 2. The Morgan fingerprint density at radius 3 is 2.83 bits per heavy atom. The van der Waals surface area contributed by atoms with Gasteiger partial charge in [0.1, 0.15) is 12.3 Å². The number of benzene rings is 1. The van der Waals surface area contributed by atoms with Gasteiger partial charge in [-0.15, -0.1) is 0 Å². The molecule has 7 heteroatoms. The fourth-order valence-electron chi connectivity index (χ4n) is 2.51. The van der Waals surface area contributed by atoms with Gasteiger partial charge in [0.25, 0.3) is 5.91 Å². The van der Waals surface area contributed by atoms with Crippen molar-refractivity contribution in [3.05, 3.63) is 48.4 Å². The highest BCUT2D eigenvalue weighted by Crippen LogP contribution is 2.33. The molecule has 1 aliphatic heterocycles. The fraction of sp³-hybridized carbons (Fsp3) is 0.235. The molecule has 2 aromatic rings. The van der Waals surface area contributed by atoms with Gasteiger partial charge < -0.3 is 4.74 Å². The van der Waals surface area contributed by atoms with Crippen LogP contribution in [0.15, 0.2) is 42.6 Å². The minimum Gasteiger partial charge on any atom is -0.479 e. The van der Waals surface area contributed by atoms with Crippen LogP contribution in [0.2, 0.25) is 0 Å². The summed E-state index contributed by atoms with van der Waals surface area (Å²) in [5.41, 5.74) is 0.517. The molecule has 0 N–H and O–H groups in total. The summed E-state index contributed by atoms with van der Waals surface area (Å²) in [4.78, 5) is 31.2. The third kappa shape index (κ3) is 2.80. The first-order valence-corrected chi connectivity index (χ1v) is 7.43. The van der Waals surface area contributed by atoms with Crippen LogP contribution in [0, 0.1) is 5.82 Å². The number of carbonyl (C=O) groups excluding carboxylic acids is 2. The van der Waals surface area contributed by atoms with Crippen molar-refractivity contribution in [1.82, 2.24) is 4.98 Å². The van der Waals surface area contributed by atoms with Gasteiger partial charge in [-0.2, -0.15) is 0 Å². The molecule has 124 valence electrons. The quantitative estimate of drug-likeness (QED) is 0.864. The van der Waals surface area contributed by atoms with E-state index in [0.717, 1.165) is 4.90 Å². The maximum absolute atomic E-state index is 13.8. The largest absolute Gasteiger partial charge is 0.479 e. The van der Waals surface area contributed by atoms with Crippen LogP contribution < -0.4 is 14.5 Å². The summed E-state index contributed by atoms with van der Waals surface area (Å²) in [5.74, 6) is -0.925. The van der Waals surface area contributed by atoms with Gasteiger partial charge in [-0.1, -0.05) is 12.1 Å². The number of carbonyl (C=O) groups is 2. The number of likely N-dealkylation sites (N-methyl/N-ethyl adjacent to an activating group) is 1. The first kappa shape index (κ1) is 15.9. The molecule has 0 radical (unpaired) electrons. The number of rotatable bonds is 3. The molecule has 3 rings (SSSR count). The minimum atomic E-state index is -0.690. The van der Waals surface area contributed by atoms with Crippen LogP contribution >= 0.6 is 0 Å². The van der Waals surface area contributed by atoms with E-state index in [9.17, 15) is 14.0 Å². The van der Waals surface area contributed by atoms with Gasteiger partial charge in [0, 0.05) is 13.2 Å². The lowest BCUT2D eigenvalue weighted by Crippen LogP contribution is -2.49. The lowest BCUT2D eigenvalue weighted by Gasteiger charge is -2.33. The van der Waals surface area contributed by atoms with Gasteiger partial charge in [0.15, 0.2) is 17.7 Å². The van der Waals surface area contributed by atoms with Gasteiger partial charge in [-0.3, -0.25) is 19.4 Å². The molecule has 0 fully saturated rings. The molecule has 0 saturated carbocycles. The Morgan fingerprint density at radius 1 is 1.33 bits per heavy atom. The van der Waals surface area contributed by atoms with Crippen molar-refractivity contribution in [3.63, 3.8) is 0 Å². The number of aromatic nitrogens is 1. The second-order valence-corrected chi connectivity index (χ2v) is 5.41. The van der Waals surface area contributed by atoms with Crippen LogP contribution in [0.25, 0.3) is 0 Å². The SMILES string of the molecule is CC1Oc2ccccc2N(CC(=O)N(C)c2ncccc2F)C1=O. The predicted molar refractivity (Wildman–Crippen MR) is 86.5 cm³/mol. The number of pyridine rings is 1. The zero-order valence-electron chi connectivity index (χ0n) is 13.3. The third-order valence-corrected chi connectivity index (χ3v) is 3.80. The second kappa shape index (κ2) is 6.27.